The van der Waals surface area contributed by atoms with Crippen molar-refractivity contribution in [2.45, 2.75) is 20.0 Å². The quantitative estimate of drug-likeness (QED) is 0.447. The molecule has 0 aliphatic carbocycles. The number of aromatic nitrogens is 5. The maximum atomic E-state index is 12.3. The van der Waals surface area contributed by atoms with E-state index in [-0.39, 0.29) is 5.91 Å². The minimum Gasteiger partial charge on any atom is -0.487 e. The van der Waals surface area contributed by atoms with Crippen LogP contribution in [0.5, 0.6) is 5.75 Å². The number of fused-ring (bicyclic) bond motifs is 1. The first-order valence-corrected chi connectivity index (χ1v) is 9.96. The van der Waals surface area contributed by atoms with Crippen molar-refractivity contribution >= 4 is 23.8 Å². The molecule has 0 spiro atoms. The summed E-state index contributed by atoms with van der Waals surface area (Å²) >= 11 is 5.08. The molecule has 0 unspecified atom stereocenters. The molecule has 30 heavy (non-hydrogen) atoms. The van der Waals surface area contributed by atoms with Crippen LogP contribution in [-0.2, 0) is 20.1 Å². The normalized spacial score (nSPS) is 11.0. The summed E-state index contributed by atoms with van der Waals surface area (Å²) in [7, 11) is 1.84. The first-order chi connectivity index (χ1) is 14.5. The molecule has 4 aromatic rings. The minimum absolute atomic E-state index is 0.144. The summed E-state index contributed by atoms with van der Waals surface area (Å²) in [6.07, 6.45) is 4.58. The Kier molecular flexibility index (Phi) is 5.62. The fourth-order valence-electron chi connectivity index (χ4n) is 3.08. The lowest BCUT2D eigenvalue weighted by atomic mass is 10.2. The Morgan fingerprint density at radius 3 is 2.73 bits per heavy atom. The van der Waals surface area contributed by atoms with E-state index in [1.807, 2.05) is 42.9 Å². The number of ether oxygens (including phenoxy) is 1. The van der Waals surface area contributed by atoms with Gasteiger partial charge >= 0.3 is 0 Å². The first kappa shape index (κ1) is 19.8. The van der Waals surface area contributed by atoms with E-state index in [9.17, 15) is 4.79 Å². The molecule has 8 nitrogen and oxygen atoms in total. The molecule has 0 aliphatic heterocycles. The van der Waals surface area contributed by atoms with Crippen LogP contribution < -0.4 is 10.1 Å². The molecular formula is C21H22N6O2S. The number of nitrogens with one attached hydrogen (secondary N) is 2. The number of hydrogen-bond acceptors (Lipinski definition) is 5. The number of nitrogens with zero attached hydrogens (tertiary/aromatic N) is 4. The number of carbonyl (C=O) groups excluding carboxylic acids is 1. The van der Waals surface area contributed by atoms with Crippen LogP contribution >= 0.6 is 12.2 Å². The molecule has 0 bridgehead atoms. The summed E-state index contributed by atoms with van der Waals surface area (Å²) < 4.78 is 10.1. The average molecular weight is 423 g/mol. The van der Waals surface area contributed by atoms with Gasteiger partial charge in [0.25, 0.3) is 5.91 Å². The number of imidazole rings is 1. The van der Waals surface area contributed by atoms with Gasteiger partial charge in [-0.3, -0.25) is 9.89 Å². The fraction of sp³-hybridized carbons (Fsp3) is 0.238. The Morgan fingerprint density at radius 2 is 2.00 bits per heavy atom. The van der Waals surface area contributed by atoms with E-state index in [1.165, 1.54) is 5.56 Å². The van der Waals surface area contributed by atoms with Crippen LogP contribution in [0.2, 0.25) is 0 Å². The fourth-order valence-corrected chi connectivity index (χ4v) is 3.23. The Labute approximate surface area is 178 Å². The van der Waals surface area contributed by atoms with Crippen molar-refractivity contribution < 1.29 is 9.53 Å². The lowest BCUT2D eigenvalue weighted by molar-refractivity contribution is 0.0954. The molecule has 0 fully saturated rings. The molecule has 0 aliphatic rings. The topological polar surface area (TPSA) is 89.2 Å². The molecule has 3 heterocycles. The molecular weight excluding hydrogens is 400 g/mol. The van der Waals surface area contributed by atoms with Crippen LogP contribution in [0.4, 0.5) is 0 Å². The van der Waals surface area contributed by atoms with E-state index in [4.69, 9.17) is 17.0 Å². The third kappa shape index (κ3) is 4.41. The zero-order valence-corrected chi connectivity index (χ0v) is 17.6. The second-order valence-corrected chi connectivity index (χ2v) is 7.41. The standard InChI is InChI=1S/C21H22N6O2S/c1-14-3-8-18-23-16(12-27(18)11-14)13-29-17-6-4-15(5-7-17)20(28)22-10-9-19-24-25-21(30)26(19)2/h3-8,11-12H,9-10,13H2,1-2H3,(H,22,28)(H,25,30). The van der Waals surface area contributed by atoms with Gasteiger partial charge in [-0.1, -0.05) is 6.07 Å². The Bertz CT molecular complexity index is 1240. The molecule has 0 radical (unpaired) electrons. The average Bonchev–Trinajstić information content (AvgIpc) is 3.29. The molecule has 9 heteroatoms. The third-order valence-corrected chi connectivity index (χ3v) is 5.12. The van der Waals surface area contributed by atoms with Crippen molar-refractivity contribution in [3.8, 4) is 5.75 Å². The van der Waals surface area contributed by atoms with Gasteiger partial charge in [-0.05, 0) is 55.0 Å². The van der Waals surface area contributed by atoms with Crippen LogP contribution in [0.3, 0.4) is 0 Å². The molecule has 0 saturated heterocycles. The number of aryl methyl sites for hydroxylation is 1. The van der Waals surface area contributed by atoms with Gasteiger partial charge < -0.3 is 19.0 Å². The number of benzene rings is 1. The largest absolute Gasteiger partial charge is 0.487 e. The Hall–Kier alpha value is -3.46. The first-order valence-electron chi connectivity index (χ1n) is 9.55. The van der Waals surface area contributed by atoms with Gasteiger partial charge in [-0.15, -0.1) is 0 Å². The van der Waals surface area contributed by atoms with Gasteiger partial charge in [0.05, 0.1) is 5.69 Å². The summed E-state index contributed by atoms with van der Waals surface area (Å²) in [5.41, 5.74) is 3.47. The lowest BCUT2D eigenvalue weighted by Crippen LogP contribution is -2.26. The van der Waals surface area contributed by atoms with Crippen LogP contribution in [-0.4, -0.2) is 36.6 Å². The molecule has 1 amide bonds. The zero-order chi connectivity index (χ0) is 21.1. The number of aromatic amines is 1. The number of H-pyrrole nitrogens is 1. The highest BCUT2D eigenvalue weighted by Gasteiger charge is 2.08. The lowest BCUT2D eigenvalue weighted by Gasteiger charge is -2.07. The maximum Gasteiger partial charge on any atom is 0.251 e. The van der Waals surface area contributed by atoms with E-state index in [2.05, 4.69) is 20.5 Å². The molecule has 0 saturated carbocycles. The SMILES string of the molecule is Cc1ccc2nc(COc3ccc(C(=O)NCCc4n[nH]c(=S)n4C)cc3)cn2c1. The van der Waals surface area contributed by atoms with Crippen molar-refractivity contribution in [1.82, 2.24) is 29.5 Å². The van der Waals surface area contributed by atoms with Crippen molar-refractivity contribution in [2.24, 2.45) is 7.05 Å². The van der Waals surface area contributed by atoms with Gasteiger partial charge in [0.1, 0.15) is 23.8 Å². The van der Waals surface area contributed by atoms with Gasteiger partial charge in [0.2, 0.25) is 0 Å². The zero-order valence-electron chi connectivity index (χ0n) is 16.8. The molecule has 3 aromatic heterocycles. The predicted octanol–water partition coefficient (Wildman–Crippen LogP) is 2.99. The van der Waals surface area contributed by atoms with Gasteiger partial charge in [-0.2, -0.15) is 5.10 Å². The minimum atomic E-state index is -0.144. The van der Waals surface area contributed by atoms with Gasteiger partial charge in [0, 0.05) is 38.0 Å². The highest BCUT2D eigenvalue weighted by atomic mass is 32.1. The summed E-state index contributed by atoms with van der Waals surface area (Å²) in [5.74, 6) is 1.33. The molecule has 2 N–H and O–H groups in total. The highest BCUT2D eigenvalue weighted by Crippen LogP contribution is 2.15. The van der Waals surface area contributed by atoms with E-state index >= 15 is 0 Å². The number of amides is 1. The summed E-state index contributed by atoms with van der Waals surface area (Å²) in [4.78, 5) is 16.9. The second kappa shape index (κ2) is 8.50. The van der Waals surface area contributed by atoms with Crippen LogP contribution in [0.25, 0.3) is 5.65 Å². The van der Waals surface area contributed by atoms with Gasteiger partial charge in [-0.25, -0.2) is 4.98 Å². The monoisotopic (exact) mass is 422 g/mol. The summed E-state index contributed by atoms with van der Waals surface area (Å²) in [6, 6.07) is 11.1. The summed E-state index contributed by atoms with van der Waals surface area (Å²) in [5, 5.41) is 9.75. The van der Waals surface area contributed by atoms with Crippen molar-refractivity contribution in [1.29, 1.82) is 0 Å². The van der Waals surface area contributed by atoms with E-state index in [0.717, 1.165) is 17.2 Å². The number of rotatable bonds is 7. The van der Waals surface area contributed by atoms with Gasteiger partial charge in [0.15, 0.2) is 4.77 Å². The van der Waals surface area contributed by atoms with Crippen LogP contribution in [0, 0.1) is 11.7 Å². The van der Waals surface area contributed by atoms with E-state index < -0.39 is 0 Å². The third-order valence-electron chi connectivity index (χ3n) is 4.76. The second-order valence-electron chi connectivity index (χ2n) is 7.03. The number of carbonyl (C=O) groups is 1. The van der Waals surface area contributed by atoms with Crippen LogP contribution in [0.1, 0.15) is 27.4 Å². The van der Waals surface area contributed by atoms with Crippen LogP contribution in [0.15, 0.2) is 48.8 Å². The molecule has 4 rings (SSSR count). The van der Waals surface area contributed by atoms with E-state index in [0.29, 0.717) is 35.7 Å². The summed E-state index contributed by atoms with van der Waals surface area (Å²) in [6.45, 7) is 2.87. The number of hydrogen-bond donors (Lipinski definition) is 2. The maximum absolute atomic E-state index is 12.3. The number of pyridine rings is 1. The molecule has 0 atom stereocenters. The Morgan fingerprint density at radius 1 is 1.20 bits per heavy atom. The highest BCUT2D eigenvalue weighted by molar-refractivity contribution is 7.71. The smallest absolute Gasteiger partial charge is 0.251 e. The predicted molar refractivity (Wildman–Crippen MR) is 115 cm³/mol. The van der Waals surface area contributed by atoms with Crippen molar-refractivity contribution in [3.63, 3.8) is 0 Å². The molecule has 154 valence electrons. The molecule has 1 aromatic carbocycles. The van der Waals surface area contributed by atoms with Crippen molar-refractivity contribution in [3.05, 3.63) is 76.2 Å². The Balaban J connectivity index is 1.30. The van der Waals surface area contributed by atoms with E-state index in [1.54, 1.807) is 28.8 Å². The van der Waals surface area contributed by atoms with Crippen molar-refractivity contribution in [2.75, 3.05) is 6.54 Å².